The summed E-state index contributed by atoms with van der Waals surface area (Å²) >= 11 is 0. The summed E-state index contributed by atoms with van der Waals surface area (Å²) in [7, 11) is 0. The molecule has 4 heteroatoms. The molecule has 21 heavy (non-hydrogen) atoms. The van der Waals surface area contributed by atoms with Gasteiger partial charge in [-0.05, 0) is 11.5 Å². The third-order valence-corrected chi connectivity index (χ3v) is 4.12. The van der Waals surface area contributed by atoms with Gasteiger partial charge in [-0.15, -0.1) is 0 Å². The highest BCUT2D eigenvalue weighted by Gasteiger charge is 2.32. The molecule has 2 N–H and O–H groups in total. The van der Waals surface area contributed by atoms with Crippen molar-refractivity contribution in [3.05, 3.63) is 35.9 Å². The van der Waals surface area contributed by atoms with E-state index in [9.17, 15) is 9.90 Å². The molecule has 1 amide bonds. The SMILES string of the molecule is CC(C)C(C(=O)NCC1(O)CCOCC1)c1ccccc1. The second-order valence-electron chi connectivity index (χ2n) is 6.19. The first-order valence-electron chi connectivity index (χ1n) is 7.65. The van der Waals surface area contributed by atoms with E-state index in [1.165, 1.54) is 0 Å². The second-order valence-corrected chi connectivity index (χ2v) is 6.19. The maximum Gasteiger partial charge on any atom is 0.227 e. The number of rotatable bonds is 5. The van der Waals surface area contributed by atoms with E-state index in [1.807, 2.05) is 44.2 Å². The molecule has 1 fully saturated rings. The second kappa shape index (κ2) is 7.05. The van der Waals surface area contributed by atoms with Crippen molar-refractivity contribution >= 4 is 5.91 Å². The topological polar surface area (TPSA) is 58.6 Å². The summed E-state index contributed by atoms with van der Waals surface area (Å²) < 4.78 is 5.25. The van der Waals surface area contributed by atoms with Gasteiger partial charge < -0.3 is 15.2 Å². The zero-order valence-electron chi connectivity index (χ0n) is 12.8. The molecule has 4 nitrogen and oxygen atoms in total. The molecule has 0 radical (unpaired) electrons. The fourth-order valence-corrected chi connectivity index (χ4v) is 2.79. The number of aliphatic hydroxyl groups is 1. The molecule has 0 bridgehead atoms. The minimum Gasteiger partial charge on any atom is -0.388 e. The maximum atomic E-state index is 12.5. The standard InChI is InChI=1S/C17H25NO3/c1-13(2)15(14-6-4-3-5-7-14)16(19)18-12-17(20)8-10-21-11-9-17/h3-7,13,15,20H,8-12H2,1-2H3,(H,18,19). The highest BCUT2D eigenvalue weighted by Crippen LogP contribution is 2.25. The van der Waals surface area contributed by atoms with Crippen molar-refractivity contribution in [3.8, 4) is 0 Å². The largest absolute Gasteiger partial charge is 0.388 e. The minimum absolute atomic E-state index is 0.0175. The summed E-state index contributed by atoms with van der Waals surface area (Å²) in [5.41, 5.74) is 0.190. The quantitative estimate of drug-likeness (QED) is 0.873. The Bertz CT molecular complexity index is 452. The van der Waals surface area contributed by atoms with Gasteiger partial charge in [0, 0.05) is 32.6 Å². The smallest absolute Gasteiger partial charge is 0.227 e. The number of nitrogens with one attached hydrogen (secondary N) is 1. The van der Waals surface area contributed by atoms with E-state index in [0.29, 0.717) is 32.6 Å². The Morgan fingerprint density at radius 3 is 2.48 bits per heavy atom. The normalized spacial score (nSPS) is 19.2. The molecular formula is C17H25NO3. The average molecular weight is 291 g/mol. The Morgan fingerprint density at radius 1 is 1.29 bits per heavy atom. The number of benzene rings is 1. The van der Waals surface area contributed by atoms with Crippen molar-refractivity contribution < 1.29 is 14.6 Å². The first-order valence-corrected chi connectivity index (χ1v) is 7.65. The highest BCUT2D eigenvalue weighted by molar-refractivity contribution is 5.84. The zero-order chi connectivity index (χ0) is 15.3. The van der Waals surface area contributed by atoms with Gasteiger partial charge in [0.2, 0.25) is 5.91 Å². The van der Waals surface area contributed by atoms with Crippen LogP contribution in [0.1, 0.15) is 38.2 Å². The number of carbonyl (C=O) groups is 1. The molecule has 1 aliphatic heterocycles. The van der Waals surface area contributed by atoms with Crippen LogP contribution in [0.5, 0.6) is 0 Å². The van der Waals surface area contributed by atoms with Gasteiger partial charge in [0.15, 0.2) is 0 Å². The van der Waals surface area contributed by atoms with E-state index in [0.717, 1.165) is 5.56 Å². The third kappa shape index (κ3) is 4.29. The molecule has 1 aromatic rings. The monoisotopic (exact) mass is 291 g/mol. The molecule has 0 saturated carbocycles. The van der Waals surface area contributed by atoms with Crippen LogP contribution in [0.3, 0.4) is 0 Å². The van der Waals surface area contributed by atoms with Crippen LogP contribution in [0.25, 0.3) is 0 Å². The van der Waals surface area contributed by atoms with Gasteiger partial charge >= 0.3 is 0 Å². The molecular weight excluding hydrogens is 266 g/mol. The lowest BCUT2D eigenvalue weighted by Crippen LogP contribution is -2.48. The molecule has 2 rings (SSSR count). The van der Waals surface area contributed by atoms with Crippen LogP contribution < -0.4 is 5.32 Å². The van der Waals surface area contributed by atoms with Crippen molar-refractivity contribution in [2.45, 2.75) is 38.2 Å². The van der Waals surface area contributed by atoms with E-state index in [-0.39, 0.29) is 17.7 Å². The molecule has 1 atom stereocenters. The summed E-state index contributed by atoms with van der Waals surface area (Å²) in [4.78, 5) is 12.5. The van der Waals surface area contributed by atoms with Crippen molar-refractivity contribution in [1.82, 2.24) is 5.32 Å². The summed E-state index contributed by atoms with van der Waals surface area (Å²) in [6.07, 6.45) is 1.15. The molecule has 1 heterocycles. The fraction of sp³-hybridized carbons (Fsp3) is 0.588. The van der Waals surface area contributed by atoms with Gasteiger partial charge in [-0.2, -0.15) is 0 Å². The third-order valence-electron chi connectivity index (χ3n) is 4.12. The molecule has 0 aromatic heterocycles. The Kier molecular flexibility index (Phi) is 5.37. The first kappa shape index (κ1) is 16.0. The molecule has 1 aromatic carbocycles. The Balaban J connectivity index is 1.99. The molecule has 116 valence electrons. The summed E-state index contributed by atoms with van der Waals surface area (Å²) in [6.45, 7) is 5.49. The van der Waals surface area contributed by atoms with Crippen LogP contribution in [0.2, 0.25) is 0 Å². The lowest BCUT2D eigenvalue weighted by Gasteiger charge is -2.33. The van der Waals surface area contributed by atoms with Gasteiger partial charge in [-0.25, -0.2) is 0 Å². The number of hydrogen-bond acceptors (Lipinski definition) is 3. The number of hydrogen-bond donors (Lipinski definition) is 2. The Labute approximate surface area is 126 Å². The minimum atomic E-state index is -0.827. The van der Waals surface area contributed by atoms with Crippen molar-refractivity contribution in [3.63, 3.8) is 0 Å². The maximum absolute atomic E-state index is 12.5. The van der Waals surface area contributed by atoms with Crippen molar-refractivity contribution in [2.24, 2.45) is 5.92 Å². The van der Waals surface area contributed by atoms with Gasteiger partial charge in [-0.1, -0.05) is 44.2 Å². The van der Waals surface area contributed by atoms with E-state index in [1.54, 1.807) is 0 Å². The van der Waals surface area contributed by atoms with Crippen LogP contribution >= 0.6 is 0 Å². The number of carbonyl (C=O) groups excluding carboxylic acids is 1. The van der Waals surface area contributed by atoms with E-state index < -0.39 is 5.60 Å². The van der Waals surface area contributed by atoms with E-state index >= 15 is 0 Å². The Morgan fingerprint density at radius 2 is 1.90 bits per heavy atom. The van der Waals surface area contributed by atoms with Crippen molar-refractivity contribution in [1.29, 1.82) is 0 Å². The average Bonchev–Trinajstić information content (AvgIpc) is 2.47. The van der Waals surface area contributed by atoms with Gasteiger partial charge in [-0.3, -0.25) is 4.79 Å². The van der Waals surface area contributed by atoms with Crippen LogP contribution in [0, 0.1) is 5.92 Å². The molecule has 1 saturated heterocycles. The Hall–Kier alpha value is -1.39. The van der Waals surface area contributed by atoms with Gasteiger partial charge in [0.25, 0.3) is 0 Å². The molecule has 0 aliphatic carbocycles. The predicted octanol–water partition coefficient (Wildman–Crippen LogP) is 2.08. The lowest BCUT2D eigenvalue weighted by molar-refractivity contribution is -0.126. The van der Waals surface area contributed by atoms with Crippen LogP contribution in [0.4, 0.5) is 0 Å². The fourth-order valence-electron chi connectivity index (χ4n) is 2.79. The number of amides is 1. The van der Waals surface area contributed by atoms with Crippen LogP contribution in [0.15, 0.2) is 30.3 Å². The molecule has 0 spiro atoms. The summed E-state index contributed by atoms with van der Waals surface area (Å²) in [5.74, 6) is 0.00231. The molecule has 1 unspecified atom stereocenters. The van der Waals surface area contributed by atoms with Crippen LogP contribution in [-0.4, -0.2) is 36.4 Å². The summed E-state index contributed by atoms with van der Waals surface area (Å²) in [6, 6.07) is 9.80. The predicted molar refractivity (Wildman–Crippen MR) is 82.0 cm³/mol. The zero-order valence-corrected chi connectivity index (χ0v) is 12.8. The van der Waals surface area contributed by atoms with Gasteiger partial charge in [0.05, 0.1) is 11.5 Å². The van der Waals surface area contributed by atoms with Crippen LogP contribution in [-0.2, 0) is 9.53 Å². The number of ether oxygens (including phenoxy) is 1. The molecule has 1 aliphatic rings. The first-order chi connectivity index (χ1) is 10.0. The van der Waals surface area contributed by atoms with E-state index in [4.69, 9.17) is 4.74 Å². The lowest BCUT2D eigenvalue weighted by atomic mass is 9.87. The summed E-state index contributed by atoms with van der Waals surface area (Å²) in [5, 5.41) is 13.3. The van der Waals surface area contributed by atoms with E-state index in [2.05, 4.69) is 5.32 Å². The van der Waals surface area contributed by atoms with Crippen molar-refractivity contribution in [2.75, 3.05) is 19.8 Å². The van der Waals surface area contributed by atoms with Gasteiger partial charge in [0.1, 0.15) is 0 Å². The highest BCUT2D eigenvalue weighted by atomic mass is 16.5.